The van der Waals surface area contributed by atoms with Gasteiger partial charge in [-0.05, 0) is 32.0 Å². The number of aromatic nitrogens is 1. The van der Waals surface area contributed by atoms with Gasteiger partial charge in [0.05, 0.1) is 21.2 Å². The van der Waals surface area contributed by atoms with Crippen LogP contribution in [0.3, 0.4) is 0 Å². The Morgan fingerprint density at radius 2 is 2.05 bits per heavy atom. The molecule has 1 N–H and O–H groups in total. The van der Waals surface area contributed by atoms with Gasteiger partial charge in [0, 0.05) is 0 Å². The van der Waals surface area contributed by atoms with Crippen molar-refractivity contribution in [3.63, 3.8) is 0 Å². The molecule has 22 heavy (non-hydrogen) atoms. The van der Waals surface area contributed by atoms with Gasteiger partial charge in [0.25, 0.3) is 0 Å². The number of hydrogen-bond acceptors (Lipinski definition) is 8. The molecule has 7 nitrogen and oxygen atoms in total. The zero-order chi connectivity index (χ0) is 16.3. The van der Waals surface area contributed by atoms with E-state index in [0.717, 1.165) is 11.3 Å². The lowest BCUT2D eigenvalue weighted by molar-refractivity contribution is 0.587. The fourth-order valence-electron chi connectivity index (χ4n) is 1.49. The molecule has 0 bridgehead atoms. The highest BCUT2D eigenvalue weighted by atomic mass is 32.2. The highest BCUT2D eigenvalue weighted by Gasteiger charge is 2.23. The summed E-state index contributed by atoms with van der Waals surface area (Å²) in [5, 5.41) is 20.3. The maximum absolute atomic E-state index is 12.1. The maximum atomic E-state index is 12.1. The number of hydrogen-bond donors (Lipinski definition) is 1. The smallest absolute Gasteiger partial charge is 0.237 e. The van der Waals surface area contributed by atoms with Crippen molar-refractivity contribution < 1.29 is 8.42 Å². The van der Waals surface area contributed by atoms with Crippen molar-refractivity contribution >= 4 is 42.8 Å². The highest BCUT2D eigenvalue weighted by Crippen LogP contribution is 2.29. The summed E-state index contributed by atoms with van der Waals surface area (Å²) in [6, 6.07) is 8.23. The van der Waals surface area contributed by atoms with E-state index in [9.17, 15) is 8.42 Å². The molecule has 112 valence electrons. The average Bonchev–Trinajstić information content (AvgIpc) is 2.92. The number of rotatable bonds is 4. The second-order valence-corrected chi connectivity index (χ2v) is 8.26. The number of nitriles is 2. The molecule has 0 atom stereocenters. The van der Waals surface area contributed by atoms with Crippen LogP contribution in [0.2, 0.25) is 0 Å². The third kappa shape index (κ3) is 3.06. The number of nitrogens with zero attached hydrogens (tertiary/aromatic N) is 4. The number of fused-ring (bicyclic) bond motifs is 1. The monoisotopic (exact) mass is 333 g/mol. The second kappa shape index (κ2) is 6.10. The van der Waals surface area contributed by atoms with Crippen molar-refractivity contribution in [3.05, 3.63) is 18.2 Å². The van der Waals surface area contributed by atoms with Crippen LogP contribution in [-0.4, -0.2) is 24.4 Å². The highest BCUT2D eigenvalue weighted by molar-refractivity contribution is 7.94. The predicted octanol–water partition coefficient (Wildman–Crippen LogP) is 2.29. The van der Waals surface area contributed by atoms with E-state index in [-0.39, 0.29) is 10.1 Å². The van der Waals surface area contributed by atoms with Crippen molar-refractivity contribution in [3.8, 4) is 12.1 Å². The van der Waals surface area contributed by atoms with E-state index in [0.29, 0.717) is 15.9 Å². The van der Waals surface area contributed by atoms with Crippen LogP contribution in [0, 0.1) is 22.7 Å². The molecule has 1 aromatic carbocycles. The molecule has 0 aliphatic heterocycles. The largest absolute Gasteiger partial charge is 0.276 e. The topological polar surface area (TPSA) is 119 Å². The van der Waals surface area contributed by atoms with Gasteiger partial charge in [0.2, 0.25) is 19.9 Å². The Hall–Kier alpha value is -2.49. The summed E-state index contributed by atoms with van der Waals surface area (Å²) in [6.45, 7) is 3.21. The molecule has 0 fully saturated rings. The molecular weight excluding hydrogens is 322 g/mol. The third-order valence-electron chi connectivity index (χ3n) is 2.74. The Morgan fingerprint density at radius 1 is 1.36 bits per heavy atom. The Balaban J connectivity index is 2.39. The first-order valence-electron chi connectivity index (χ1n) is 6.17. The molecule has 0 unspecified atom stereocenters. The number of thiazole rings is 1. The molecule has 0 spiro atoms. The van der Waals surface area contributed by atoms with Gasteiger partial charge >= 0.3 is 0 Å². The van der Waals surface area contributed by atoms with E-state index in [1.165, 1.54) is 0 Å². The zero-order valence-electron chi connectivity index (χ0n) is 11.7. The second-order valence-electron chi connectivity index (χ2n) is 4.55. The van der Waals surface area contributed by atoms with Gasteiger partial charge in [0.15, 0.2) is 0 Å². The van der Waals surface area contributed by atoms with Gasteiger partial charge in [0.1, 0.15) is 12.1 Å². The molecule has 0 saturated heterocycles. The van der Waals surface area contributed by atoms with Crippen LogP contribution in [0.1, 0.15) is 13.8 Å². The molecule has 0 aliphatic carbocycles. The van der Waals surface area contributed by atoms with Crippen LogP contribution in [0.4, 0.5) is 5.69 Å². The van der Waals surface area contributed by atoms with Crippen LogP contribution in [0.15, 0.2) is 27.6 Å². The maximum Gasteiger partial charge on any atom is 0.237 e. The zero-order valence-corrected chi connectivity index (χ0v) is 13.4. The summed E-state index contributed by atoms with van der Waals surface area (Å²) in [7, 11) is -3.41. The first-order valence-corrected chi connectivity index (χ1v) is 8.53. The summed E-state index contributed by atoms with van der Waals surface area (Å²) < 4.78 is 25.0. The van der Waals surface area contributed by atoms with E-state index in [1.54, 1.807) is 44.2 Å². The van der Waals surface area contributed by atoms with Crippen molar-refractivity contribution in [1.82, 2.24) is 4.98 Å². The van der Waals surface area contributed by atoms with Crippen LogP contribution < -0.4 is 5.43 Å². The van der Waals surface area contributed by atoms with Crippen molar-refractivity contribution in [1.29, 1.82) is 10.5 Å². The van der Waals surface area contributed by atoms with Gasteiger partial charge < -0.3 is 0 Å². The molecule has 0 saturated carbocycles. The van der Waals surface area contributed by atoms with Crippen molar-refractivity contribution in [2.45, 2.75) is 23.4 Å². The van der Waals surface area contributed by atoms with E-state index in [2.05, 4.69) is 15.5 Å². The standard InChI is InChI=1S/C13H11N5O2S2/c1-8(2)22(19,20)13-16-11-4-3-9(5-12(11)21-13)17-18-10(6-14)7-15/h3-5,8,17H,1-2H3. The number of anilines is 1. The Morgan fingerprint density at radius 3 is 2.64 bits per heavy atom. The third-order valence-corrected chi connectivity index (χ3v) is 6.32. The number of nitrogens with one attached hydrogen (secondary N) is 1. The van der Waals surface area contributed by atoms with Gasteiger partial charge in [-0.3, -0.25) is 5.43 Å². The van der Waals surface area contributed by atoms with Crippen molar-refractivity contribution in [2.75, 3.05) is 5.43 Å². The molecule has 1 heterocycles. The van der Waals surface area contributed by atoms with E-state index in [4.69, 9.17) is 10.5 Å². The van der Waals surface area contributed by atoms with Crippen LogP contribution in [0.25, 0.3) is 10.2 Å². The molecule has 2 aromatic rings. The van der Waals surface area contributed by atoms with Crippen molar-refractivity contribution in [2.24, 2.45) is 5.10 Å². The quantitative estimate of drug-likeness (QED) is 0.677. The minimum absolute atomic E-state index is 0.0768. The molecule has 9 heteroatoms. The SMILES string of the molecule is CC(C)S(=O)(=O)c1nc2ccc(NN=C(C#N)C#N)cc2s1. The summed E-state index contributed by atoms with van der Waals surface area (Å²) in [4.78, 5) is 4.14. The molecule has 0 radical (unpaired) electrons. The van der Waals surface area contributed by atoms with Gasteiger partial charge in [-0.25, -0.2) is 13.4 Å². The lowest BCUT2D eigenvalue weighted by Gasteiger charge is -2.01. The average molecular weight is 333 g/mol. The first kappa shape index (κ1) is 15.9. The molecular formula is C13H11N5O2S2. The Kier molecular flexibility index (Phi) is 4.40. The van der Waals surface area contributed by atoms with Crippen LogP contribution in [-0.2, 0) is 9.84 Å². The molecule has 0 amide bonds. The van der Waals surface area contributed by atoms with E-state index in [1.807, 2.05) is 0 Å². The minimum atomic E-state index is -3.41. The first-order chi connectivity index (χ1) is 10.4. The normalized spacial score (nSPS) is 11.0. The van der Waals surface area contributed by atoms with Gasteiger partial charge in [-0.1, -0.05) is 0 Å². The fourth-order valence-corrected chi connectivity index (χ4v) is 4.17. The van der Waals surface area contributed by atoms with Gasteiger partial charge in [-0.2, -0.15) is 15.6 Å². The molecule has 0 aliphatic rings. The molecule has 2 rings (SSSR count). The predicted molar refractivity (Wildman–Crippen MR) is 84.2 cm³/mol. The lowest BCUT2D eigenvalue weighted by atomic mass is 10.3. The van der Waals surface area contributed by atoms with E-state index < -0.39 is 15.1 Å². The van der Waals surface area contributed by atoms with E-state index >= 15 is 0 Å². The van der Waals surface area contributed by atoms with Crippen LogP contribution in [0.5, 0.6) is 0 Å². The summed E-state index contributed by atoms with van der Waals surface area (Å²) in [6.07, 6.45) is 0. The fraction of sp³-hybridized carbons (Fsp3) is 0.231. The summed E-state index contributed by atoms with van der Waals surface area (Å²) >= 11 is 1.07. The Bertz CT molecular complexity index is 913. The summed E-state index contributed by atoms with van der Waals surface area (Å²) in [5.41, 5.74) is 3.39. The number of hydrazone groups is 1. The summed E-state index contributed by atoms with van der Waals surface area (Å²) in [5.74, 6) is 0. The number of sulfone groups is 1. The minimum Gasteiger partial charge on any atom is -0.276 e. The Labute approximate surface area is 131 Å². The lowest BCUT2D eigenvalue weighted by Crippen LogP contribution is -2.13. The molecule has 1 aromatic heterocycles. The van der Waals surface area contributed by atoms with Gasteiger partial charge in [-0.15, -0.1) is 11.3 Å². The number of benzene rings is 1. The van der Waals surface area contributed by atoms with Crippen LogP contribution >= 0.6 is 11.3 Å².